The zero-order valence-electron chi connectivity index (χ0n) is 9.12. The summed E-state index contributed by atoms with van der Waals surface area (Å²) in [4.78, 5) is 0. The molecule has 0 radical (unpaired) electrons. The third-order valence-corrected chi connectivity index (χ3v) is 2.55. The van der Waals surface area contributed by atoms with Crippen LogP contribution in [0, 0.1) is 12.8 Å². The van der Waals surface area contributed by atoms with Crippen molar-refractivity contribution in [3.05, 3.63) is 34.9 Å². The number of hydrogen-bond donors (Lipinski definition) is 2. The van der Waals surface area contributed by atoms with Crippen molar-refractivity contribution < 1.29 is 5.11 Å². The maximum atomic E-state index is 9.18. The van der Waals surface area contributed by atoms with Crippen LogP contribution >= 0.6 is 0 Å². The van der Waals surface area contributed by atoms with E-state index in [0.717, 1.165) is 11.1 Å². The van der Waals surface area contributed by atoms with Crippen molar-refractivity contribution in [1.29, 1.82) is 0 Å². The summed E-state index contributed by atoms with van der Waals surface area (Å²) in [5.74, 6) is 0.391. The summed E-state index contributed by atoms with van der Waals surface area (Å²) in [6, 6.07) is 6.03. The third kappa shape index (κ3) is 2.34. The second-order valence-corrected chi connectivity index (χ2v) is 4.13. The highest BCUT2D eigenvalue weighted by Crippen LogP contribution is 2.23. The van der Waals surface area contributed by atoms with Crippen LogP contribution in [-0.2, 0) is 6.61 Å². The van der Waals surface area contributed by atoms with Gasteiger partial charge in [0.15, 0.2) is 0 Å². The van der Waals surface area contributed by atoms with E-state index in [-0.39, 0.29) is 12.6 Å². The summed E-state index contributed by atoms with van der Waals surface area (Å²) in [6.45, 7) is 6.29. The van der Waals surface area contributed by atoms with Gasteiger partial charge in [0.2, 0.25) is 0 Å². The predicted molar refractivity (Wildman–Crippen MR) is 58.9 cm³/mol. The minimum Gasteiger partial charge on any atom is -0.392 e. The lowest BCUT2D eigenvalue weighted by atomic mass is 9.92. The van der Waals surface area contributed by atoms with Crippen LogP contribution < -0.4 is 5.73 Å². The lowest BCUT2D eigenvalue weighted by Gasteiger charge is -2.19. The first-order valence-corrected chi connectivity index (χ1v) is 5.02. The molecule has 0 aliphatic carbocycles. The van der Waals surface area contributed by atoms with Crippen molar-refractivity contribution >= 4 is 0 Å². The molecular weight excluding hydrogens is 174 g/mol. The van der Waals surface area contributed by atoms with E-state index in [0.29, 0.717) is 5.92 Å². The molecule has 1 aromatic rings. The molecule has 1 aromatic carbocycles. The Labute approximate surface area is 85.8 Å². The molecule has 0 saturated heterocycles. The molecule has 0 fully saturated rings. The Bertz CT molecular complexity index is 307. The molecule has 2 heteroatoms. The summed E-state index contributed by atoms with van der Waals surface area (Å²) in [6.07, 6.45) is 0. The molecule has 78 valence electrons. The lowest BCUT2D eigenvalue weighted by Crippen LogP contribution is -2.18. The highest BCUT2D eigenvalue weighted by molar-refractivity contribution is 5.33. The fourth-order valence-corrected chi connectivity index (χ4v) is 1.53. The van der Waals surface area contributed by atoms with Gasteiger partial charge in [0.25, 0.3) is 0 Å². The van der Waals surface area contributed by atoms with Gasteiger partial charge in [-0.3, -0.25) is 0 Å². The number of nitrogens with two attached hydrogens (primary N) is 1. The molecule has 0 aliphatic rings. The lowest BCUT2D eigenvalue weighted by molar-refractivity contribution is 0.279. The van der Waals surface area contributed by atoms with Crippen molar-refractivity contribution in [1.82, 2.24) is 0 Å². The largest absolute Gasteiger partial charge is 0.392 e. The fraction of sp³-hybridized carbons (Fsp3) is 0.500. The van der Waals surface area contributed by atoms with Crippen LogP contribution in [0.5, 0.6) is 0 Å². The number of rotatable bonds is 3. The van der Waals surface area contributed by atoms with Gasteiger partial charge in [-0.2, -0.15) is 0 Å². The molecule has 14 heavy (non-hydrogen) atoms. The van der Waals surface area contributed by atoms with Gasteiger partial charge in [-0.25, -0.2) is 0 Å². The topological polar surface area (TPSA) is 46.2 Å². The van der Waals surface area contributed by atoms with Crippen LogP contribution in [0.1, 0.15) is 36.6 Å². The van der Waals surface area contributed by atoms with E-state index >= 15 is 0 Å². The van der Waals surface area contributed by atoms with Crippen molar-refractivity contribution in [2.75, 3.05) is 0 Å². The Kier molecular flexibility index (Phi) is 3.67. The minimum atomic E-state index is 0.0112. The molecule has 0 saturated carbocycles. The van der Waals surface area contributed by atoms with Gasteiger partial charge < -0.3 is 10.8 Å². The van der Waals surface area contributed by atoms with Crippen LogP contribution in [-0.4, -0.2) is 5.11 Å². The molecule has 0 spiro atoms. The van der Waals surface area contributed by atoms with Gasteiger partial charge in [0.05, 0.1) is 6.61 Å². The Hall–Kier alpha value is -0.860. The molecule has 3 N–H and O–H groups in total. The molecule has 1 atom stereocenters. The number of benzene rings is 1. The van der Waals surface area contributed by atoms with Crippen LogP contribution in [0.3, 0.4) is 0 Å². The number of aliphatic hydroxyl groups is 1. The van der Waals surface area contributed by atoms with Crippen molar-refractivity contribution in [3.8, 4) is 0 Å². The van der Waals surface area contributed by atoms with Crippen LogP contribution in [0.2, 0.25) is 0 Å². The van der Waals surface area contributed by atoms with Gasteiger partial charge in [-0.15, -0.1) is 0 Å². The molecule has 0 heterocycles. The van der Waals surface area contributed by atoms with Crippen LogP contribution in [0.4, 0.5) is 0 Å². The first-order valence-electron chi connectivity index (χ1n) is 5.02. The monoisotopic (exact) mass is 193 g/mol. The van der Waals surface area contributed by atoms with Gasteiger partial charge in [-0.05, 0) is 24.0 Å². The quantitative estimate of drug-likeness (QED) is 0.772. The first-order chi connectivity index (χ1) is 6.56. The SMILES string of the molecule is Cc1ccc(CO)c([C@@H](N)C(C)C)c1. The third-order valence-electron chi connectivity index (χ3n) is 2.55. The van der Waals surface area contributed by atoms with E-state index < -0.39 is 0 Å². The molecule has 0 amide bonds. The zero-order valence-corrected chi connectivity index (χ0v) is 9.12. The number of hydrogen-bond acceptors (Lipinski definition) is 2. The second kappa shape index (κ2) is 4.58. The van der Waals surface area contributed by atoms with Gasteiger partial charge in [0, 0.05) is 6.04 Å². The Balaban J connectivity index is 3.10. The average Bonchev–Trinajstić information content (AvgIpc) is 2.16. The summed E-state index contributed by atoms with van der Waals surface area (Å²) in [7, 11) is 0. The molecule has 0 aliphatic heterocycles. The predicted octanol–water partition coefficient (Wildman–Crippen LogP) is 2.14. The maximum absolute atomic E-state index is 9.18. The van der Waals surface area contributed by atoms with E-state index in [4.69, 9.17) is 5.73 Å². The summed E-state index contributed by atoms with van der Waals surface area (Å²) in [5, 5.41) is 9.18. The molecule has 0 bridgehead atoms. The van der Waals surface area contributed by atoms with E-state index in [1.165, 1.54) is 5.56 Å². The molecule has 1 rings (SSSR count). The van der Waals surface area contributed by atoms with Crippen LogP contribution in [0.15, 0.2) is 18.2 Å². The highest BCUT2D eigenvalue weighted by atomic mass is 16.3. The smallest absolute Gasteiger partial charge is 0.0685 e. The summed E-state index contributed by atoms with van der Waals surface area (Å²) >= 11 is 0. The number of aliphatic hydroxyl groups excluding tert-OH is 1. The fourth-order valence-electron chi connectivity index (χ4n) is 1.53. The van der Waals surface area contributed by atoms with Crippen molar-refractivity contribution in [2.24, 2.45) is 11.7 Å². The molecule has 2 nitrogen and oxygen atoms in total. The van der Waals surface area contributed by atoms with E-state index in [9.17, 15) is 5.11 Å². The first kappa shape index (κ1) is 11.2. The standard InChI is InChI=1S/C12H19NO/c1-8(2)12(13)11-6-9(3)4-5-10(11)7-14/h4-6,8,12,14H,7,13H2,1-3H3/t12-/m0/s1. The van der Waals surface area contributed by atoms with Gasteiger partial charge in [0.1, 0.15) is 0 Å². The zero-order chi connectivity index (χ0) is 10.7. The Morgan fingerprint density at radius 1 is 1.36 bits per heavy atom. The van der Waals surface area contributed by atoms with Crippen molar-refractivity contribution in [3.63, 3.8) is 0 Å². The average molecular weight is 193 g/mol. The molecular formula is C12H19NO. The Morgan fingerprint density at radius 3 is 2.50 bits per heavy atom. The number of aryl methyl sites for hydroxylation is 1. The van der Waals surface area contributed by atoms with E-state index in [2.05, 4.69) is 19.9 Å². The molecule has 0 aromatic heterocycles. The summed E-state index contributed by atoms with van der Waals surface area (Å²) < 4.78 is 0. The van der Waals surface area contributed by atoms with Gasteiger partial charge in [-0.1, -0.05) is 37.6 Å². The maximum Gasteiger partial charge on any atom is 0.0685 e. The van der Waals surface area contributed by atoms with Crippen LogP contribution in [0.25, 0.3) is 0 Å². The van der Waals surface area contributed by atoms with Gasteiger partial charge >= 0.3 is 0 Å². The molecule has 0 unspecified atom stereocenters. The highest BCUT2D eigenvalue weighted by Gasteiger charge is 2.13. The van der Waals surface area contributed by atoms with E-state index in [1.54, 1.807) is 0 Å². The Morgan fingerprint density at radius 2 is 2.00 bits per heavy atom. The van der Waals surface area contributed by atoms with Crippen molar-refractivity contribution in [2.45, 2.75) is 33.4 Å². The second-order valence-electron chi connectivity index (χ2n) is 4.13. The minimum absolute atomic E-state index is 0.0112. The summed E-state index contributed by atoms with van der Waals surface area (Å²) in [5.41, 5.74) is 9.27. The normalized spacial score (nSPS) is 13.3. The van der Waals surface area contributed by atoms with E-state index in [1.807, 2.05) is 19.1 Å².